The van der Waals surface area contributed by atoms with Gasteiger partial charge in [-0.3, -0.25) is 0 Å². The van der Waals surface area contributed by atoms with Gasteiger partial charge in [-0.25, -0.2) is 17.6 Å². The van der Waals surface area contributed by atoms with Crippen LogP contribution >= 0.6 is 46.4 Å². The second-order valence-electron chi connectivity index (χ2n) is 9.46. The molecule has 2 rings (SSSR count). The molecular formula is C24H22Cl4F8O. The van der Waals surface area contributed by atoms with Crippen LogP contribution in [0.1, 0.15) is 51.0 Å². The molecule has 0 N–H and O–H groups in total. The third-order valence-electron chi connectivity index (χ3n) is 6.37. The van der Waals surface area contributed by atoms with Crippen LogP contribution in [0.3, 0.4) is 0 Å². The van der Waals surface area contributed by atoms with E-state index >= 15 is 0 Å². The molecule has 2 atom stereocenters. The zero-order valence-corrected chi connectivity index (χ0v) is 22.7. The average molecular weight is 620 g/mol. The summed E-state index contributed by atoms with van der Waals surface area (Å²) >= 11 is 24.8. The molecule has 13 heteroatoms. The van der Waals surface area contributed by atoms with Crippen LogP contribution in [0.4, 0.5) is 35.1 Å². The molecule has 0 saturated heterocycles. The van der Waals surface area contributed by atoms with E-state index in [9.17, 15) is 35.1 Å². The monoisotopic (exact) mass is 618 g/mol. The Labute approximate surface area is 229 Å². The van der Waals surface area contributed by atoms with Gasteiger partial charge in [0.25, 0.3) is 0 Å². The average Bonchev–Trinajstić information content (AvgIpc) is 2.76. The van der Waals surface area contributed by atoms with E-state index in [4.69, 9.17) is 51.1 Å². The third kappa shape index (κ3) is 5.81. The van der Waals surface area contributed by atoms with Crippen molar-refractivity contribution in [3.05, 3.63) is 67.6 Å². The highest BCUT2D eigenvalue weighted by atomic mass is 35.5. The van der Waals surface area contributed by atoms with Gasteiger partial charge in [0, 0.05) is 31.2 Å². The van der Waals surface area contributed by atoms with Crippen LogP contribution in [0.25, 0.3) is 0 Å². The minimum Gasteiger partial charge on any atom is -0.364 e. The molecule has 0 heterocycles. The van der Waals surface area contributed by atoms with Crippen molar-refractivity contribution in [3.8, 4) is 0 Å². The van der Waals surface area contributed by atoms with E-state index in [0.29, 0.717) is 27.7 Å². The first-order chi connectivity index (χ1) is 16.7. The Morgan fingerprint density at radius 1 is 0.568 bits per heavy atom. The largest absolute Gasteiger partial charge is 0.364 e. The molecule has 0 bridgehead atoms. The Kier molecular flexibility index (Phi) is 9.78. The Bertz CT molecular complexity index is 982. The Balaban J connectivity index is 2.95. The van der Waals surface area contributed by atoms with Gasteiger partial charge in [0.05, 0.1) is 23.0 Å². The van der Waals surface area contributed by atoms with Crippen molar-refractivity contribution in [2.75, 3.05) is 0 Å². The maximum Gasteiger partial charge on any atom is 0.315 e. The van der Waals surface area contributed by atoms with Gasteiger partial charge < -0.3 is 4.74 Å². The zero-order valence-electron chi connectivity index (χ0n) is 19.7. The molecule has 0 aliphatic heterocycles. The predicted octanol–water partition coefficient (Wildman–Crippen LogP) is 11.0. The van der Waals surface area contributed by atoms with Crippen molar-refractivity contribution in [1.29, 1.82) is 0 Å². The lowest BCUT2D eigenvalue weighted by Crippen LogP contribution is -2.51. The van der Waals surface area contributed by atoms with E-state index in [1.54, 1.807) is 0 Å². The topological polar surface area (TPSA) is 9.23 Å². The molecule has 37 heavy (non-hydrogen) atoms. The van der Waals surface area contributed by atoms with Gasteiger partial charge in [-0.2, -0.15) is 17.6 Å². The molecule has 208 valence electrons. The summed E-state index contributed by atoms with van der Waals surface area (Å²) in [6, 6.07) is 7.39. The van der Waals surface area contributed by atoms with Crippen molar-refractivity contribution in [2.24, 2.45) is 10.8 Å². The van der Waals surface area contributed by atoms with Crippen LogP contribution in [0.2, 0.25) is 20.1 Å². The molecule has 0 aliphatic carbocycles. The van der Waals surface area contributed by atoms with E-state index in [0.717, 1.165) is 0 Å². The van der Waals surface area contributed by atoms with Gasteiger partial charge in [0.2, 0.25) is 0 Å². The highest BCUT2D eigenvalue weighted by Crippen LogP contribution is 2.59. The van der Waals surface area contributed by atoms with Gasteiger partial charge in [-0.05, 0) is 24.3 Å². The summed E-state index contributed by atoms with van der Waals surface area (Å²) in [6.45, 7) is 2.75. The maximum absolute atomic E-state index is 15.0. The molecule has 0 aliphatic rings. The second kappa shape index (κ2) is 11.2. The maximum atomic E-state index is 15.0. The summed E-state index contributed by atoms with van der Waals surface area (Å²) in [5.41, 5.74) is -6.67. The molecule has 2 aromatic rings. The Morgan fingerprint density at radius 2 is 0.811 bits per heavy atom. The van der Waals surface area contributed by atoms with Crippen LogP contribution in [0.15, 0.2) is 36.4 Å². The number of halogens is 12. The molecule has 0 saturated carbocycles. The first-order valence-corrected chi connectivity index (χ1v) is 12.1. The van der Waals surface area contributed by atoms with E-state index in [-0.39, 0.29) is 20.1 Å². The van der Waals surface area contributed by atoms with Gasteiger partial charge >= 0.3 is 24.7 Å². The minimum atomic E-state index is -4.80. The van der Waals surface area contributed by atoms with Crippen LogP contribution in [-0.4, -0.2) is 24.7 Å². The molecule has 0 radical (unpaired) electrons. The second-order valence-corrected chi connectivity index (χ2v) is 11.1. The summed E-state index contributed by atoms with van der Waals surface area (Å²) in [5, 5.41) is -1.28. The van der Waals surface area contributed by atoms with Crippen molar-refractivity contribution in [1.82, 2.24) is 0 Å². The zero-order chi connectivity index (χ0) is 28.7. The Morgan fingerprint density at radius 3 is 1.03 bits per heavy atom. The van der Waals surface area contributed by atoms with Crippen molar-refractivity contribution < 1.29 is 39.9 Å². The number of ether oxygens (including phenoxy) is 1. The fourth-order valence-corrected chi connectivity index (χ4v) is 4.96. The first kappa shape index (κ1) is 32.2. The van der Waals surface area contributed by atoms with Crippen molar-refractivity contribution in [2.45, 2.75) is 64.6 Å². The smallest absolute Gasteiger partial charge is 0.315 e. The molecule has 2 unspecified atom stereocenters. The van der Waals surface area contributed by atoms with E-state index in [1.165, 1.54) is 36.4 Å². The lowest BCUT2D eigenvalue weighted by atomic mass is 9.74. The highest BCUT2D eigenvalue weighted by Gasteiger charge is 2.63. The number of benzene rings is 2. The van der Waals surface area contributed by atoms with Crippen molar-refractivity contribution >= 4 is 46.4 Å². The van der Waals surface area contributed by atoms with Crippen molar-refractivity contribution in [3.63, 3.8) is 0 Å². The minimum absolute atomic E-state index is 0.321. The fraction of sp³-hybridized carbons (Fsp3) is 0.500. The predicted molar refractivity (Wildman–Crippen MR) is 129 cm³/mol. The van der Waals surface area contributed by atoms with Gasteiger partial charge in [-0.15, -0.1) is 0 Å². The summed E-state index contributed by atoms with van der Waals surface area (Å²) in [5.74, 6) is -9.60. The van der Waals surface area contributed by atoms with Crippen LogP contribution in [-0.2, 0) is 4.74 Å². The van der Waals surface area contributed by atoms with E-state index in [2.05, 4.69) is 0 Å². The molecule has 0 aromatic heterocycles. The molecule has 0 fully saturated rings. The summed E-state index contributed by atoms with van der Waals surface area (Å²) in [4.78, 5) is 0. The van der Waals surface area contributed by atoms with E-state index in [1.807, 2.05) is 0 Å². The van der Waals surface area contributed by atoms with Gasteiger partial charge in [-0.1, -0.05) is 86.2 Å². The van der Waals surface area contributed by atoms with Crippen LogP contribution in [0.5, 0.6) is 0 Å². The van der Waals surface area contributed by atoms with E-state index < -0.39 is 58.9 Å². The summed E-state index contributed by atoms with van der Waals surface area (Å²) < 4.78 is 120. The SMILES string of the molecule is CC(C)(C(OC(c1c(Cl)cccc1Cl)C(C)(C)C(F)(F)C(F)F)c1c(Cl)cccc1Cl)C(F)(F)C(F)F. The summed E-state index contributed by atoms with van der Waals surface area (Å²) in [7, 11) is 0. The summed E-state index contributed by atoms with van der Waals surface area (Å²) in [6.07, 6.45) is -13.0. The van der Waals surface area contributed by atoms with Crippen LogP contribution < -0.4 is 0 Å². The Hall–Kier alpha value is -1.00. The number of alkyl halides is 8. The lowest BCUT2D eigenvalue weighted by molar-refractivity contribution is -0.276. The number of hydrogen-bond acceptors (Lipinski definition) is 1. The fourth-order valence-electron chi connectivity index (χ4n) is 3.77. The lowest BCUT2D eigenvalue weighted by Gasteiger charge is -2.46. The highest BCUT2D eigenvalue weighted by molar-refractivity contribution is 6.36. The molecular weight excluding hydrogens is 598 g/mol. The van der Waals surface area contributed by atoms with Crippen LogP contribution in [0, 0.1) is 10.8 Å². The molecule has 2 aromatic carbocycles. The molecule has 0 spiro atoms. The normalized spacial score (nSPS) is 15.4. The van der Waals surface area contributed by atoms with Gasteiger partial charge in [0.1, 0.15) is 0 Å². The standard InChI is InChI=1S/C24H22Cl4F8O/c1-21(2,23(33,34)19(29)30)17(15-11(25)7-5-8-12(15)26)37-18(16-13(27)9-6-10-14(16)28)22(3,4)24(35,36)20(31)32/h5-10,17-20H,1-4H3. The van der Waals surface area contributed by atoms with Gasteiger partial charge in [0.15, 0.2) is 0 Å². The molecule has 0 amide bonds. The number of rotatable bonds is 10. The first-order valence-electron chi connectivity index (χ1n) is 10.6. The number of hydrogen-bond donors (Lipinski definition) is 0. The quantitative estimate of drug-likeness (QED) is 0.240. The third-order valence-corrected chi connectivity index (χ3v) is 7.69. The molecule has 1 nitrogen and oxygen atoms in total.